The molecule has 1 saturated heterocycles. The number of anilines is 1. The van der Waals surface area contributed by atoms with E-state index in [0.717, 1.165) is 29.8 Å². The summed E-state index contributed by atoms with van der Waals surface area (Å²) in [6, 6.07) is 6.20. The molecule has 8 nitrogen and oxygen atoms in total. The molecule has 1 aliphatic rings. The Hall–Kier alpha value is -3.49. The molecule has 4 rings (SSSR count). The number of aromatic nitrogens is 3. The van der Waals surface area contributed by atoms with Crippen LogP contribution >= 0.6 is 0 Å². The fraction of sp³-hybridized carbons (Fsp3) is 0.391. The highest BCUT2D eigenvalue weighted by molar-refractivity contribution is 5.80. The van der Waals surface area contributed by atoms with Crippen LogP contribution in [0.3, 0.4) is 0 Å². The summed E-state index contributed by atoms with van der Waals surface area (Å²) in [5.41, 5.74) is 2.80. The zero-order chi connectivity index (χ0) is 22.8. The molecule has 1 aromatic carbocycles. The summed E-state index contributed by atoms with van der Waals surface area (Å²) in [5, 5.41) is 3.98. The van der Waals surface area contributed by atoms with Crippen molar-refractivity contribution in [1.29, 1.82) is 0 Å². The Balaban J connectivity index is 1.65. The third-order valence-electron chi connectivity index (χ3n) is 5.56. The van der Waals surface area contributed by atoms with Crippen LogP contribution in [0, 0.1) is 12.7 Å². The smallest absolute Gasteiger partial charge is 0.227 e. The second-order valence-corrected chi connectivity index (χ2v) is 8.09. The fourth-order valence-electron chi connectivity index (χ4n) is 3.98. The summed E-state index contributed by atoms with van der Waals surface area (Å²) in [5.74, 6) is 0.715. The molecule has 0 spiro atoms. The highest BCUT2D eigenvalue weighted by Gasteiger charge is 2.34. The molecule has 1 amide bonds. The van der Waals surface area contributed by atoms with Crippen molar-refractivity contribution < 1.29 is 18.4 Å². The molecule has 3 heterocycles. The van der Waals surface area contributed by atoms with E-state index in [1.807, 2.05) is 36.9 Å². The van der Waals surface area contributed by atoms with E-state index >= 15 is 0 Å². The van der Waals surface area contributed by atoms with Crippen LogP contribution in [0.15, 0.2) is 35.0 Å². The van der Waals surface area contributed by atoms with Gasteiger partial charge in [0.25, 0.3) is 0 Å². The lowest BCUT2D eigenvalue weighted by atomic mass is 10.0. The molecule has 0 N–H and O–H groups in total. The first-order valence-electron chi connectivity index (χ1n) is 10.5. The topological polar surface area (TPSA) is 84.6 Å². The van der Waals surface area contributed by atoms with Gasteiger partial charge in [-0.25, -0.2) is 14.4 Å². The number of hydrogen-bond donors (Lipinski definition) is 0. The van der Waals surface area contributed by atoms with Crippen LogP contribution in [0.1, 0.15) is 35.8 Å². The minimum Gasteiger partial charge on any atom is -0.494 e. The third-order valence-corrected chi connectivity index (χ3v) is 5.56. The zero-order valence-electron chi connectivity index (χ0n) is 18.6. The Morgan fingerprint density at radius 1 is 1.34 bits per heavy atom. The maximum absolute atomic E-state index is 14.1. The molecular weight excluding hydrogens is 413 g/mol. The van der Waals surface area contributed by atoms with Crippen LogP contribution in [0.5, 0.6) is 5.75 Å². The fourth-order valence-corrected chi connectivity index (χ4v) is 3.98. The number of rotatable bonds is 6. The van der Waals surface area contributed by atoms with Gasteiger partial charge in [-0.2, -0.15) is 0 Å². The molecular formula is C23H26FN5O3. The lowest BCUT2D eigenvalue weighted by molar-refractivity contribution is -0.131. The largest absolute Gasteiger partial charge is 0.494 e. The first kappa shape index (κ1) is 21.7. The number of carbonyl (C=O) groups is 1. The van der Waals surface area contributed by atoms with Crippen LogP contribution in [-0.2, 0) is 11.2 Å². The molecule has 168 valence electrons. The molecule has 2 aromatic heterocycles. The highest BCUT2D eigenvalue weighted by atomic mass is 19.1. The van der Waals surface area contributed by atoms with E-state index in [0.29, 0.717) is 23.8 Å². The predicted octanol–water partition coefficient (Wildman–Crippen LogP) is 3.56. The van der Waals surface area contributed by atoms with Gasteiger partial charge in [0.2, 0.25) is 11.9 Å². The number of ether oxygens (including phenoxy) is 1. The minimum absolute atomic E-state index is 0.0817. The monoisotopic (exact) mass is 439 g/mol. The van der Waals surface area contributed by atoms with Crippen molar-refractivity contribution in [2.75, 3.05) is 32.6 Å². The molecule has 1 fully saturated rings. The highest BCUT2D eigenvalue weighted by Crippen LogP contribution is 2.37. The van der Waals surface area contributed by atoms with E-state index < -0.39 is 5.82 Å². The Bertz CT molecular complexity index is 1130. The van der Waals surface area contributed by atoms with Gasteiger partial charge in [0.05, 0.1) is 36.5 Å². The molecule has 32 heavy (non-hydrogen) atoms. The number of nitrogens with zero attached hydrogens (tertiary/aromatic N) is 5. The summed E-state index contributed by atoms with van der Waals surface area (Å²) in [6.45, 7) is 2.46. The summed E-state index contributed by atoms with van der Waals surface area (Å²) in [7, 11) is 5.15. The lowest BCUT2D eigenvalue weighted by Crippen LogP contribution is -2.33. The molecule has 3 aromatic rings. The van der Waals surface area contributed by atoms with Gasteiger partial charge in [-0.3, -0.25) is 4.79 Å². The van der Waals surface area contributed by atoms with E-state index in [-0.39, 0.29) is 24.1 Å². The normalized spacial score (nSPS) is 15.8. The Kier molecular flexibility index (Phi) is 6.07. The minimum atomic E-state index is -0.481. The number of carbonyl (C=O) groups excluding carboxylic acids is 1. The molecule has 1 aliphatic heterocycles. The first-order valence-corrected chi connectivity index (χ1v) is 10.5. The number of aryl methyl sites for hydroxylation is 1. The molecule has 9 heteroatoms. The molecule has 0 aliphatic carbocycles. The third kappa shape index (κ3) is 4.28. The summed E-state index contributed by atoms with van der Waals surface area (Å²) < 4.78 is 24.5. The van der Waals surface area contributed by atoms with Crippen LogP contribution in [-0.4, -0.2) is 53.7 Å². The summed E-state index contributed by atoms with van der Waals surface area (Å²) in [6.07, 6.45) is 3.44. The van der Waals surface area contributed by atoms with Crippen molar-refractivity contribution >= 4 is 11.9 Å². The van der Waals surface area contributed by atoms with Gasteiger partial charge in [0.1, 0.15) is 0 Å². The van der Waals surface area contributed by atoms with Crippen molar-refractivity contribution in [2.24, 2.45) is 0 Å². The van der Waals surface area contributed by atoms with Crippen molar-refractivity contribution in [1.82, 2.24) is 20.0 Å². The first-order chi connectivity index (χ1) is 15.4. The van der Waals surface area contributed by atoms with E-state index in [1.165, 1.54) is 19.2 Å². The van der Waals surface area contributed by atoms with Gasteiger partial charge in [-0.1, -0.05) is 11.2 Å². The second-order valence-electron chi connectivity index (χ2n) is 8.09. The van der Waals surface area contributed by atoms with Crippen LogP contribution in [0.4, 0.5) is 10.3 Å². The number of methoxy groups -OCH3 is 1. The summed E-state index contributed by atoms with van der Waals surface area (Å²) >= 11 is 0. The number of halogens is 1. The van der Waals surface area contributed by atoms with E-state index in [4.69, 9.17) is 14.2 Å². The SMILES string of the molecule is COc1ccc(CC(=O)N2CCC[C@@H]2c2nc(N(C)C)ncc2-c2cc(C)no2)cc1F. The number of amides is 1. The molecule has 0 bridgehead atoms. The van der Waals surface area contributed by atoms with Gasteiger partial charge in [0.15, 0.2) is 17.3 Å². The maximum atomic E-state index is 14.1. The predicted molar refractivity (Wildman–Crippen MR) is 117 cm³/mol. The van der Waals surface area contributed by atoms with E-state index in [2.05, 4.69) is 10.1 Å². The average Bonchev–Trinajstić information content (AvgIpc) is 3.42. The van der Waals surface area contributed by atoms with Crippen molar-refractivity contribution in [3.63, 3.8) is 0 Å². The summed E-state index contributed by atoms with van der Waals surface area (Å²) in [4.78, 5) is 26.1. The molecule has 0 unspecified atom stereocenters. The van der Waals surface area contributed by atoms with E-state index in [9.17, 15) is 9.18 Å². The average molecular weight is 439 g/mol. The Morgan fingerprint density at radius 3 is 2.81 bits per heavy atom. The number of hydrogen-bond acceptors (Lipinski definition) is 7. The van der Waals surface area contributed by atoms with Gasteiger partial charge in [-0.05, 0) is 37.5 Å². The van der Waals surface area contributed by atoms with Crippen molar-refractivity contribution in [3.8, 4) is 17.1 Å². The van der Waals surface area contributed by atoms with Gasteiger partial charge in [-0.15, -0.1) is 0 Å². The molecule has 0 radical (unpaired) electrons. The quantitative estimate of drug-likeness (QED) is 0.581. The van der Waals surface area contributed by atoms with Crippen molar-refractivity contribution in [3.05, 3.63) is 53.2 Å². The van der Waals surface area contributed by atoms with Crippen LogP contribution in [0.2, 0.25) is 0 Å². The standard InChI is InChI=1S/C23H26FN5O3/c1-14-10-20(32-27-14)16-13-25-23(28(2)3)26-22(16)18-6-5-9-29(18)21(30)12-15-7-8-19(31-4)17(24)11-15/h7-8,10-11,13,18H,5-6,9,12H2,1-4H3/t18-/m1/s1. The lowest BCUT2D eigenvalue weighted by Gasteiger charge is -2.26. The van der Waals surface area contributed by atoms with Crippen LogP contribution in [0.25, 0.3) is 11.3 Å². The number of benzene rings is 1. The van der Waals surface area contributed by atoms with Gasteiger partial charge >= 0.3 is 0 Å². The Labute approximate surface area is 186 Å². The van der Waals surface area contributed by atoms with Crippen molar-refractivity contribution in [2.45, 2.75) is 32.2 Å². The molecule has 0 saturated carbocycles. The second kappa shape index (κ2) is 8.94. The van der Waals surface area contributed by atoms with Crippen LogP contribution < -0.4 is 9.64 Å². The molecule has 1 atom stereocenters. The maximum Gasteiger partial charge on any atom is 0.227 e. The number of likely N-dealkylation sites (tertiary alicyclic amines) is 1. The zero-order valence-corrected chi connectivity index (χ0v) is 18.6. The van der Waals surface area contributed by atoms with E-state index in [1.54, 1.807) is 12.3 Å². The Morgan fingerprint density at radius 2 is 2.16 bits per heavy atom. The van der Waals surface area contributed by atoms with Gasteiger partial charge in [0, 0.05) is 32.9 Å². The van der Waals surface area contributed by atoms with Gasteiger partial charge < -0.3 is 19.1 Å².